The van der Waals surface area contributed by atoms with Gasteiger partial charge in [-0.2, -0.15) is 0 Å². The van der Waals surface area contributed by atoms with E-state index < -0.39 is 18.3 Å². The molecule has 1 aliphatic heterocycles. The van der Waals surface area contributed by atoms with E-state index in [2.05, 4.69) is 6.92 Å². The number of ether oxygens (including phenoxy) is 2. The van der Waals surface area contributed by atoms with Crippen molar-refractivity contribution in [3.63, 3.8) is 0 Å². The highest BCUT2D eigenvalue weighted by molar-refractivity contribution is 6.48. The van der Waals surface area contributed by atoms with E-state index in [0.717, 1.165) is 24.3 Å². The second-order valence-corrected chi connectivity index (χ2v) is 9.20. The van der Waals surface area contributed by atoms with Gasteiger partial charge in [0.15, 0.2) is 0 Å². The molecule has 1 unspecified atom stereocenters. The third-order valence-electron chi connectivity index (χ3n) is 6.29. The molecule has 1 fully saturated rings. The summed E-state index contributed by atoms with van der Waals surface area (Å²) in [5.74, 6) is 0.322. The number of carbonyl (C=O) groups is 1. The fourth-order valence-electron chi connectivity index (χ4n) is 3.57. The van der Waals surface area contributed by atoms with Crippen LogP contribution < -0.4 is 4.74 Å². The van der Waals surface area contributed by atoms with E-state index in [0.29, 0.717) is 0 Å². The van der Waals surface area contributed by atoms with Gasteiger partial charge in [0.2, 0.25) is 0 Å². The van der Waals surface area contributed by atoms with E-state index in [9.17, 15) is 4.79 Å². The lowest BCUT2D eigenvalue weighted by molar-refractivity contribution is -0.140. The first-order chi connectivity index (χ1) is 14.2. The quantitative estimate of drug-likeness (QED) is 0.247. The van der Waals surface area contributed by atoms with Crippen LogP contribution in [-0.4, -0.2) is 38.0 Å². The summed E-state index contributed by atoms with van der Waals surface area (Å²) in [6, 6.07) is 7.91. The van der Waals surface area contributed by atoms with Gasteiger partial charge in [-0.3, -0.25) is 4.79 Å². The zero-order valence-electron chi connectivity index (χ0n) is 19.7. The molecule has 0 aromatic heterocycles. The van der Waals surface area contributed by atoms with Crippen molar-refractivity contribution in [2.24, 2.45) is 0 Å². The predicted molar refractivity (Wildman–Crippen MR) is 121 cm³/mol. The minimum absolute atomic E-state index is 0.200. The molecule has 1 saturated heterocycles. The number of esters is 1. The molecule has 1 heterocycles. The minimum atomic E-state index is -0.510. The number of hydrogen-bond donors (Lipinski definition) is 0. The molecule has 168 valence electrons. The largest absolute Gasteiger partial charge is 0.494 e. The van der Waals surface area contributed by atoms with Gasteiger partial charge in [0.05, 0.1) is 31.3 Å². The number of methoxy groups -OCH3 is 1. The van der Waals surface area contributed by atoms with Crippen LogP contribution in [0.3, 0.4) is 0 Å². The highest BCUT2D eigenvalue weighted by atomic mass is 16.7. The van der Waals surface area contributed by atoms with Gasteiger partial charge in [0, 0.05) is 5.82 Å². The van der Waals surface area contributed by atoms with Gasteiger partial charge in [-0.05, 0) is 51.8 Å². The van der Waals surface area contributed by atoms with E-state index >= 15 is 0 Å². The topological polar surface area (TPSA) is 54.0 Å². The molecule has 0 aliphatic carbocycles. The highest BCUT2D eigenvalue weighted by Gasteiger charge is 2.54. The Hall–Kier alpha value is -1.53. The number of rotatable bonds is 12. The Labute approximate surface area is 183 Å². The average molecular weight is 418 g/mol. The summed E-state index contributed by atoms with van der Waals surface area (Å²) in [5.41, 5.74) is 0.0733. The lowest BCUT2D eigenvalue weighted by Crippen LogP contribution is -2.41. The van der Waals surface area contributed by atoms with Crippen molar-refractivity contribution in [1.29, 1.82) is 0 Å². The molecule has 2 rings (SSSR count). The number of unbranched alkanes of at least 4 members (excludes halogenated alkanes) is 5. The second kappa shape index (κ2) is 11.2. The lowest BCUT2D eigenvalue weighted by atomic mass is 9.66. The van der Waals surface area contributed by atoms with Crippen LogP contribution in [0.1, 0.15) is 90.9 Å². The highest BCUT2D eigenvalue weighted by Crippen LogP contribution is 2.42. The van der Waals surface area contributed by atoms with Crippen molar-refractivity contribution in [3.8, 4) is 5.75 Å². The van der Waals surface area contributed by atoms with Gasteiger partial charge in [-0.1, -0.05) is 51.2 Å². The Morgan fingerprint density at radius 2 is 1.53 bits per heavy atom. The monoisotopic (exact) mass is 418 g/mol. The van der Waals surface area contributed by atoms with Crippen LogP contribution >= 0.6 is 0 Å². The first-order valence-corrected chi connectivity index (χ1v) is 11.4. The molecule has 0 saturated carbocycles. The maximum atomic E-state index is 12.1. The maximum Gasteiger partial charge on any atom is 0.466 e. The summed E-state index contributed by atoms with van der Waals surface area (Å²) in [4.78, 5) is 12.1. The van der Waals surface area contributed by atoms with E-state index in [1.807, 2.05) is 52.0 Å². The van der Waals surface area contributed by atoms with E-state index in [4.69, 9.17) is 18.8 Å². The Morgan fingerprint density at radius 3 is 2.10 bits per heavy atom. The summed E-state index contributed by atoms with van der Waals surface area (Å²) < 4.78 is 23.2. The van der Waals surface area contributed by atoms with Crippen LogP contribution in [0.2, 0.25) is 0 Å². The number of carbonyl (C=O) groups excluding carboxylic acids is 1. The summed E-state index contributed by atoms with van der Waals surface area (Å²) in [7, 11) is 0.895. The van der Waals surface area contributed by atoms with Crippen LogP contribution in [0.25, 0.3) is 0 Å². The Bertz CT molecular complexity index is 640. The summed E-state index contributed by atoms with van der Waals surface area (Å²) in [5, 5.41) is 0. The lowest BCUT2D eigenvalue weighted by Gasteiger charge is -2.32. The Balaban J connectivity index is 1.98. The molecule has 1 aromatic carbocycles. The third kappa shape index (κ3) is 6.74. The molecule has 0 spiro atoms. The van der Waals surface area contributed by atoms with Crippen molar-refractivity contribution >= 4 is 13.1 Å². The van der Waals surface area contributed by atoms with Crippen LogP contribution in [0.5, 0.6) is 5.75 Å². The fourth-order valence-corrected chi connectivity index (χ4v) is 3.57. The minimum Gasteiger partial charge on any atom is -0.494 e. The van der Waals surface area contributed by atoms with Crippen molar-refractivity contribution in [2.45, 2.75) is 96.6 Å². The van der Waals surface area contributed by atoms with E-state index in [1.165, 1.54) is 39.2 Å². The van der Waals surface area contributed by atoms with Gasteiger partial charge in [0.1, 0.15) is 5.75 Å². The molecule has 0 radical (unpaired) electrons. The molecule has 1 aliphatic rings. The van der Waals surface area contributed by atoms with Crippen LogP contribution in [0, 0.1) is 0 Å². The summed E-state index contributed by atoms with van der Waals surface area (Å²) in [6.45, 7) is 11.0. The van der Waals surface area contributed by atoms with E-state index in [-0.39, 0.29) is 18.2 Å². The Morgan fingerprint density at radius 1 is 0.967 bits per heavy atom. The normalized spacial score (nSPS) is 18.3. The number of benzene rings is 1. The SMILES string of the molecule is CCCCCCCCOc1ccc(C(CC(=O)OC)B2OC(C)(C)C(C)(C)O2)cc1. The van der Waals surface area contributed by atoms with E-state index in [1.54, 1.807) is 0 Å². The van der Waals surface area contributed by atoms with Crippen LogP contribution in [0.4, 0.5) is 0 Å². The molecule has 1 atom stereocenters. The van der Waals surface area contributed by atoms with Gasteiger partial charge >= 0.3 is 13.1 Å². The number of hydrogen-bond acceptors (Lipinski definition) is 5. The smallest absolute Gasteiger partial charge is 0.466 e. The second-order valence-electron chi connectivity index (χ2n) is 9.20. The predicted octanol–water partition coefficient (Wildman–Crippen LogP) is 5.70. The average Bonchev–Trinajstić information content (AvgIpc) is 2.92. The molecule has 6 heteroatoms. The summed E-state index contributed by atoms with van der Waals surface area (Å²) in [6.07, 6.45) is 7.66. The zero-order valence-corrected chi connectivity index (χ0v) is 19.7. The summed E-state index contributed by atoms with van der Waals surface area (Å²) >= 11 is 0. The molecule has 1 aromatic rings. The maximum absolute atomic E-state index is 12.1. The van der Waals surface area contributed by atoms with Crippen molar-refractivity contribution in [3.05, 3.63) is 29.8 Å². The third-order valence-corrected chi connectivity index (χ3v) is 6.29. The van der Waals surface area contributed by atoms with Gasteiger partial charge in [-0.15, -0.1) is 0 Å². The zero-order chi connectivity index (χ0) is 22.2. The first-order valence-electron chi connectivity index (χ1n) is 11.4. The molecule has 0 bridgehead atoms. The molecule has 30 heavy (non-hydrogen) atoms. The molecular weight excluding hydrogens is 379 g/mol. The molecule has 0 amide bonds. The standard InChI is InChI=1S/C24H39BO5/c1-7-8-9-10-11-12-17-28-20-15-13-19(14-16-20)21(18-22(26)27-6)25-29-23(2,3)24(4,5)30-25/h13-16,21H,7-12,17-18H2,1-6H3. The van der Waals surface area contributed by atoms with Crippen LogP contribution in [0.15, 0.2) is 24.3 Å². The van der Waals surface area contributed by atoms with Crippen molar-refractivity contribution < 1.29 is 23.6 Å². The van der Waals surface area contributed by atoms with Gasteiger partial charge in [0.25, 0.3) is 0 Å². The van der Waals surface area contributed by atoms with Crippen molar-refractivity contribution in [1.82, 2.24) is 0 Å². The molecule has 5 nitrogen and oxygen atoms in total. The van der Waals surface area contributed by atoms with Crippen LogP contribution in [-0.2, 0) is 18.8 Å². The molecular formula is C24H39BO5. The molecule has 0 N–H and O–H groups in total. The first kappa shape index (κ1) is 24.7. The Kier molecular flexibility index (Phi) is 9.23. The van der Waals surface area contributed by atoms with Gasteiger partial charge < -0.3 is 18.8 Å². The van der Waals surface area contributed by atoms with Crippen molar-refractivity contribution in [2.75, 3.05) is 13.7 Å². The van der Waals surface area contributed by atoms with Gasteiger partial charge in [-0.25, -0.2) is 0 Å². The fraction of sp³-hybridized carbons (Fsp3) is 0.708.